The van der Waals surface area contributed by atoms with Crippen LogP contribution in [-0.4, -0.2) is 9.13 Å². The van der Waals surface area contributed by atoms with Gasteiger partial charge in [0.05, 0.1) is 21.5 Å². The molecule has 2 aromatic heterocycles. The van der Waals surface area contributed by atoms with Gasteiger partial charge >= 0.3 is 0 Å². The second-order valence-corrected chi connectivity index (χ2v) is 16.8. The number of hydrogen-bond donors (Lipinski definition) is 0. The van der Waals surface area contributed by atoms with Gasteiger partial charge in [-0.3, -0.25) is 28.3 Å². The second-order valence-electron chi connectivity index (χ2n) is 16.8. The van der Waals surface area contributed by atoms with Crippen LogP contribution in [0.3, 0.4) is 0 Å². The summed E-state index contributed by atoms with van der Waals surface area (Å²) in [7, 11) is 0. The fourth-order valence-corrected chi connectivity index (χ4v) is 9.64. The minimum atomic E-state index is -0.255. The van der Waals surface area contributed by atoms with Crippen molar-refractivity contribution in [1.82, 2.24) is 9.13 Å². The molecule has 0 spiro atoms. The van der Waals surface area contributed by atoms with Gasteiger partial charge in [0.2, 0.25) is 0 Å². The molecule has 7 aromatic carbocycles. The summed E-state index contributed by atoms with van der Waals surface area (Å²) < 4.78 is 2.83. The Morgan fingerprint density at radius 2 is 0.683 bits per heavy atom. The predicted molar refractivity (Wildman–Crippen MR) is 253 cm³/mol. The molecule has 0 amide bonds. The van der Waals surface area contributed by atoms with Crippen molar-refractivity contribution >= 4 is 64.6 Å². The minimum Gasteiger partial charge on any atom is -0.274 e. The zero-order valence-electron chi connectivity index (χ0n) is 34.8. The molecule has 0 aliphatic heterocycles. The Kier molecular flexibility index (Phi) is 11.0. The highest BCUT2D eigenvalue weighted by Gasteiger charge is 2.21. The van der Waals surface area contributed by atoms with Crippen LogP contribution in [0.2, 0.25) is 0 Å². The summed E-state index contributed by atoms with van der Waals surface area (Å²) in [5.74, 6) is 0. The summed E-state index contributed by atoms with van der Waals surface area (Å²) in [5, 5.41) is 9.62. The van der Waals surface area contributed by atoms with Gasteiger partial charge in [0.15, 0.2) is 0 Å². The van der Waals surface area contributed by atoms with E-state index >= 15 is 0 Å². The first-order chi connectivity index (χ1) is 29.4. The third-order valence-corrected chi connectivity index (χ3v) is 12.8. The number of fused-ring (bicyclic) bond motifs is 6. The highest BCUT2D eigenvalue weighted by Crippen LogP contribution is 2.41. The first kappa shape index (κ1) is 39.3. The number of nitrogens with zero attached hydrogens (tertiary/aromatic N) is 2. The molecule has 6 nitrogen and oxygen atoms in total. The minimum absolute atomic E-state index is 0.251. The van der Waals surface area contributed by atoms with E-state index in [-0.39, 0.29) is 22.2 Å². The van der Waals surface area contributed by atoms with Gasteiger partial charge in [0, 0.05) is 13.1 Å². The molecule has 0 atom stereocenters. The average molecular weight is 793 g/mol. The topological polar surface area (TPSA) is 78.1 Å². The Morgan fingerprint density at radius 1 is 0.333 bits per heavy atom. The van der Waals surface area contributed by atoms with Crippen LogP contribution in [0.25, 0.3) is 86.9 Å². The fourth-order valence-electron chi connectivity index (χ4n) is 9.64. The van der Waals surface area contributed by atoms with Crippen molar-refractivity contribution in [3.8, 4) is 22.3 Å². The van der Waals surface area contributed by atoms with E-state index in [1.54, 1.807) is 0 Å². The molecule has 60 heavy (non-hydrogen) atoms. The van der Waals surface area contributed by atoms with Gasteiger partial charge < -0.3 is 0 Å². The average Bonchev–Trinajstić information content (AvgIpc) is 3.64. The van der Waals surface area contributed by atoms with Crippen LogP contribution in [0.1, 0.15) is 90.9 Å². The Balaban J connectivity index is 1.21. The largest absolute Gasteiger partial charge is 0.274 e. The summed E-state index contributed by atoms with van der Waals surface area (Å²) in [6.45, 7) is 5.19. The molecule has 9 rings (SSSR count). The Bertz CT molecular complexity index is 3080. The molecule has 0 saturated carbocycles. The first-order valence-corrected chi connectivity index (χ1v) is 22.2. The SMILES string of the molecule is CCCCCCCCn1c(=O)c2cc3cc4cc5c(=O)n(CCCCCCCC)c(=O)c5cc4c(-c4ccc(-c5c6ccccc6cc6ccccc56)cc4)c3cc2c1=O. The van der Waals surface area contributed by atoms with Crippen molar-refractivity contribution in [3.05, 3.63) is 151 Å². The first-order valence-electron chi connectivity index (χ1n) is 22.2. The van der Waals surface area contributed by atoms with Crippen LogP contribution in [0, 0.1) is 0 Å². The van der Waals surface area contributed by atoms with Gasteiger partial charge in [-0.2, -0.15) is 0 Å². The quantitative estimate of drug-likeness (QED) is 0.0721. The second kappa shape index (κ2) is 16.8. The molecule has 0 N–H and O–H groups in total. The Morgan fingerprint density at radius 3 is 1.12 bits per heavy atom. The van der Waals surface area contributed by atoms with Gasteiger partial charge in [-0.05, 0) is 115 Å². The number of aromatic nitrogens is 2. The van der Waals surface area contributed by atoms with E-state index in [0.717, 1.165) is 95.2 Å². The molecule has 6 heteroatoms. The van der Waals surface area contributed by atoms with Crippen LogP contribution in [0.4, 0.5) is 0 Å². The van der Waals surface area contributed by atoms with E-state index in [0.29, 0.717) is 34.6 Å². The molecule has 0 aliphatic rings. The number of unbranched alkanes of at least 4 members (excludes halogenated alkanes) is 10. The highest BCUT2D eigenvalue weighted by atomic mass is 16.2. The van der Waals surface area contributed by atoms with Crippen molar-refractivity contribution in [2.24, 2.45) is 0 Å². The number of rotatable bonds is 16. The molecule has 0 aliphatic carbocycles. The molecule has 0 bridgehead atoms. The highest BCUT2D eigenvalue weighted by molar-refractivity contribution is 6.18. The van der Waals surface area contributed by atoms with Gasteiger partial charge in [0.1, 0.15) is 0 Å². The molecule has 302 valence electrons. The fraction of sp³-hybridized carbons (Fsp3) is 0.296. The van der Waals surface area contributed by atoms with E-state index < -0.39 is 0 Å². The third-order valence-electron chi connectivity index (χ3n) is 12.8. The van der Waals surface area contributed by atoms with Crippen LogP contribution in [-0.2, 0) is 13.1 Å². The lowest BCUT2D eigenvalue weighted by atomic mass is 9.88. The Hall–Kier alpha value is -6.14. The van der Waals surface area contributed by atoms with Crippen molar-refractivity contribution in [2.45, 2.75) is 104 Å². The third kappa shape index (κ3) is 7.06. The molecule has 2 heterocycles. The van der Waals surface area contributed by atoms with Crippen molar-refractivity contribution in [1.29, 1.82) is 0 Å². The zero-order chi connectivity index (χ0) is 41.3. The molecule has 0 unspecified atom stereocenters. The lowest BCUT2D eigenvalue weighted by Gasteiger charge is -2.15. The summed E-state index contributed by atoms with van der Waals surface area (Å²) in [6.07, 6.45) is 12.8. The lowest BCUT2D eigenvalue weighted by Crippen LogP contribution is -2.25. The van der Waals surface area contributed by atoms with Gasteiger partial charge in [0.25, 0.3) is 22.2 Å². The van der Waals surface area contributed by atoms with Crippen LogP contribution in [0.5, 0.6) is 0 Å². The maximum atomic E-state index is 14.0. The van der Waals surface area contributed by atoms with Crippen LogP contribution >= 0.6 is 0 Å². The molecule has 9 aromatic rings. The summed E-state index contributed by atoms with van der Waals surface area (Å²) in [4.78, 5) is 55.7. The summed E-state index contributed by atoms with van der Waals surface area (Å²) in [6, 6.07) is 37.2. The number of hydrogen-bond acceptors (Lipinski definition) is 4. The van der Waals surface area contributed by atoms with E-state index in [2.05, 4.69) is 92.7 Å². The normalized spacial score (nSPS) is 12.0. The maximum absolute atomic E-state index is 14.0. The molecular formula is C54H52N2O4. The summed E-state index contributed by atoms with van der Waals surface area (Å²) in [5.41, 5.74) is 3.02. The molecule has 0 fully saturated rings. The zero-order valence-corrected chi connectivity index (χ0v) is 34.8. The van der Waals surface area contributed by atoms with Gasteiger partial charge in [-0.1, -0.05) is 151 Å². The maximum Gasteiger partial charge on any atom is 0.261 e. The lowest BCUT2D eigenvalue weighted by molar-refractivity contribution is 0.547. The van der Waals surface area contributed by atoms with E-state index in [1.807, 2.05) is 30.3 Å². The smallest absolute Gasteiger partial charge is 0.261 e. The molecule has 0 saturated heterocycles. The van der Waals surface area contributed by atoms with Crippen molar-refractivity contribution < 1.29 is 0 Å². The number of benzene rings is 7. The molecule has 0 radical (unpaired) electrons. The van der Waals surface area contributed by atoms with Crippen LogP contribution < -0.4 is 22.2 Å². The van der Waals surface area contributed by atoms with E-state index in [1.165, 1.54) is 56.4 Å². The van der Waals surface area contributed by atoms with Crippen molar-refractivity contribution in [3.63, 3.8) is 0 Å². The van der Waals surface area contributed by atoms with E-state index in [9.17, 15) is 19.2 Å². The monoisotopic (exact) mass is 792 g/mol. The van der Waals surface area contributed by atoms with E-state index in [4.69, 9.17) is 0 Å². The summed E-state index contributed by atoms with van der Waals surface area (Å²) >= 11 is 0. The van der Waals surface area contributed by atoms with Gasteiger partial charge in [-0.15, -0.1) is 0 Å². The Labute approximate surface area is 349 Å². The van der Waals surface area contributed by atoms with Crippen LogP contribution in [0.15, 0.2) is 128 Å². The standard InChI is InChI=1S/C54H52N2O4/c1-3-5-7-9-11-17-27-55-51(57)45-31-39-30-40-32-46-48(54(60)56(52(46)58)28-18-12-10-8-6-4-2)34-44(40)50(43(39)33-47(45)53(55)59)36-25-23-35(24-26-36)49-41-21-15-13-19-37(41)29-38-20-14-16-22-42(38)49/h13-16,19-26,29-34H,3-12,17-18,27-28H2,1-2H3. The predicted octanol–water partition coefficient (Wildman–Crippen LogP) is 12.6. The van der Waals surface area contributed by atoms with Crippen molar-refractivity contribution in [2.75, 3.05) is 0 Å². The van der Waals surface area contributed by atoms with Gasteiger partial charge in [-0.25, -0.2) is 0 Å². The molecular weight excluding hydrogens is 741 g/mol.